The van der Waals surface area contributed by atoms with Crippen molar-refractivity contribution in [1.29, 1.82) is 0 Å². The molecule has 0 amide bonds. The third-order valence-corrected chi connectivity index (χ3v) is 4.03. The van der Waals surface area contributed by atoms with Gasteiger partial charge in [0, 0.05) is 38.0 Å². The third-order valence-electron chi connectivity index (χ3n) is 4.03. The van der Waals surface area contributed by atoms with E-state index >= 15 is 0 Å². The van der Waals surface area contributed by atoms with Crippen LogP contribution in [0.2, 0.25) is 0 Å². The lowest BCUT2D eigenvalue weighted by atomic mass is 10.0. The first-order valence-corrected chi connectivity index (χ1v) is 6.91. The Morgan fingerprint density at radius 3 is 3.00 bits per heavy atom. The summed E-state index contributed by atoms with van der Waals surface area (Å²) in [5, 5.41) is 4.66. The Labute approximate surface area is 113 Å². The highest BCUT2D eigenvalue weighted by molar-refractivity contribution is 5.81. The van der Waals surface area contributed by atoms with Crippen LogP contribution < -0.4 is 5.32 Å². The summed E-state index contributed by atoms with van der Waals surface area (Å²) < 4.78 is 7.88. The van der Waals surface area contributed by atoms with Crippen LogP contribution in [0.5, 0.6) is 0 Å². The van der Waals surface area contributed by atoms with Crippen molar-refractivity contribution in [1.82, 2.24) is 14.9 Å². The smallest absolute Gasteiger partial charge is 0.140 e. The maximum atomic E-state index is 5.59. The average molecular weight is 259 g/mol. The first-order valence-electron chi connectivity index (χ1n) is 6.91. The molecule has 102 valence electrons. The van der Waals surface area contributed by atoms with Crippen LogP contribution in [0.15, 0.2) is 24.5 Å². The first kappa shape index (κ1) is 12.6. The second-order valence-corrected chi connectivity index (χ2v) is 5.52. The van der Waals surface area contributed by atoms with Gasteiger partial charge in [-0.3, -0.25) is 0 Å². The van der Waals surface area contributed by atoms with Gasteiger partial charge in [-0.1, -0.05) is 13.8 Å². The fourth-order valence-corrected chi connectivity index (χ4v) is 2.98. The summed E-state index contributed by atoms with van der Waals surface area (Å²) in [5.41, 5.74) is 2.44. The minimum Gasteiger partial charge on any atom is -0.378 e. The molecule has 4 heteroatoms. The zero-order valence-electron chi connectivity index (χ0n) is 11.8. The Morgan fingerprint density at radius 2 is 2.26 bits per heavy atom. The fraction of sp³-hybridized carbons (Fsp3) is 0.533. The summed E-state index contributed by atoms with van der Waals surface area (Å²) in [7, 11) is 1.78. The predicted octanol–water partition coefficient (Wildman–Crippen LogP) is 2.32. The number of hydrogen-bond donors (Lipinski definition) is 1. The fourth-order valence-electron chi connectivity index (χ4n) is 2.98. The van der Waals surface area contributed by atoms with E-state index in [2.05, 4.69) is 41.0 Å². The molecule has 2 atom stereocenters. The second kappa shape index (κ2) is 4.94. The number of rotatable bonds is 3. The van der Waals surface area contributed by atoms with Crippen molar-refractivity contribution < 1.29 is 4.74 Å². The maximum absolute atomic E-state index is 5.59. The highest BCUT2D eigenvalue weighted by Crippen LogP contribution is 2.30. The van der Waals surface area contributed by atoms with E-state index in [9.17, 15) is 0 Å². The summed E-state index contributed by atoms with van der Waals surface area (Å²) in [5.74, 6) is 0.503. The number of ether oxygens (including phenoxy) is 1. The largest absolute Gasteiger partial charge is 0.378 e. The zero-order chi connectivity index (χ0) is 13.4. The number of nitrogens with one attached hydrogen (secondary N) is 1. The van der Waals surface area contributed by atoms with Gasteiger partial charge in [0.05, 0.1) is 12.1 Å². The topological polar surface area (TPSA) is 39.1 Å². The van der Waals surface area contributed by atoms with Crippen molar-refractivity contribution in [3.8, 4) is 0 Å². The molecule has 1 aliphatic heterocycles. The van der Waals surface area contributed by atoms with Gasteiger partial charge >= 0.3 is 0 Å². The van der Waals surface area contributed by atoms with Gasteiger partial charge < -0.3 is 14.6 Å². The number of hydrogen-bond acceptors (Lipinski definition) is 3. The van der Waals surface area contributed by atoms with Crippen LogP contribution >= 0.6 is 0 Å². The zero-order valence-corrected chi connectivity index (χ0v) is 11.8. The highest BCUT2D eigenvalue weighted by Gasteiger charge is 2.30. The molecule has 0 bridgehead atoms. The van der Waals surface area contributed by atoms with Crippen molar-refractivity contribution in [3.05, 3.63) is 30.1 Å². The molecule has 1 saturated heterocycles. The minimum atomic E-state index is 0.220. The summed E-state index contributed by atoms with van der Waals surface area (Å²) in [6, 6.07) is 4.51. The monoisotopic (exact) mass is 259 g/mol. The van der Waals surface area contributed by atoms with Gasteiger partial charge in [-0.15, -0.1) is 0 Å². The number of fused-ring (bicyclic) bond motifs is 1. The van der Waals surface area contributed by atoms with E-state index < -0.39 is 0 Å². The predicted molar refractivity (Wildman–Crippen MR) is 76.5 cm³/mol. The molecule has 0 aromatic carbocycles. The lowest BCUT2D eigenvalue weighted by molar-refractivity contribution is 0.0877. The van der Waals surface area contributed by atoms with Gasteiger partial charge in [0.25, 0.3) is 0 Å². The third kappa shape index (κ3) is 2.05. The molecule has 1 aliphatic rings. The average Bonchev–Trinajstić information content (AvgIpc) is 3.02. The van der Waals surface area contributed by atoms with E-state index in [1.807, 2.05) is 12.3 Å². The Hall–Kier alpha value is -1.39. The molecule has 0 spiro atoms. The van der Waals surface area contributed by atoms with Crippen LogP contribution in [0.3, 0.4) is 0 Å². The van der Waals surface area contributed by atoms with Crippen LogP contribution in [-0.4, -0.2) is 35.9 Å². The van der Waals surface area contributed by atoms with Gasteiger partial charge in [-0.2, -0.15) is 0 Å². The Balaban J connectivity index is 2.13. The van der Waals surface area contributed by atoms with E-state index in [0.717, 1.165) is 18.7 Å². The molecule has 0 saturated carbocycles. The summed E-state index contributed by atoms with van der Waals surface area (Å²) in [4.78, 5) is 4.58. The molecule has 3 heterocycles. The summed E-state index contributed by atoms with van der Waals surface area (Å²) in [6.07, 6.45) is 4.34. The van der Waals surface area contributed by atoms with Gasteiger partial charge in [0.15, 0.2) is 0 Å². The van der Waals surface area contributed by atoms with Crippen molar-refractivity contribution >= 4 is 11.0 Å². The molecule has 2 aromatic rings. The Morgan fingerprint density at radius 1 is 1.42 bits per heavy atom. The number of nitrogens with zero attached hydrogens (tertiary/aromatic N) is 2. The van der Waals surface area contributed by atoms with E-state index in [4.69, 9.17) is 4.74 Å². The number of methoxy groups -OCH3 is 1. The van der Waals surface area contributed by atoms with Crippen molar-refractivity contribution in [2.75, 3.05) is 20.2 Å². The molecule has 3 rings (SSSR count). The molecule has 0 radical (unpaired) electrons. The maximum Gasteiger partial charge on any atom is 0.140 e. The van der Waals surface area contributed by atoms with Crippen LogP contribution in [0, 0.1) is 0 Å². The van der Waals surface area contributed by atoms with Crippen LogP contribution in [0.1, 0.15) is 31.4 Å². The summed E-state index contributed by atoms with van der Waals surface area (Å²) >= 11 is 0. The molecular formula is C15H21N3O. The van der Waals surface area contributed by atoms with Crippen molar-refractivity contribution in [3.63, 3.8) is 0 Å². The van der Waals surface area contributed by atoms with Crippen LogP contribution in [0.25, 0.3) is 11.0 Å². The molecule has 1 fully saturated rings. The molecule has 0 aliphatic carbocycles. The van der Waals surface area contributed by atoms with Crippen LogP contribution in [-0.2, 0) is 4.74 Å². The molecule has 19 heavy (non-hydrogen) atoms. The summed E-state index contributed by atoms with van der Waals surface area (Å²) in [6.45, 7) is 6.31. The second-order valence-electron chi connectivity index (χ2n) is 5.52. The molecule has 1 N–H and O–H groups in total. The number of aromatic nitrogens is 2. The van der Waals surface area contributed by atoms with Crippen LogP contribution in [0.4, 0.5) is 0 Å². The number of pyridine rings is 1. The Kier molecular flexibility index (Phi) is 3.29. The molecule has 2 aromatic heterocycles. The van der Waals surface area contributed by atoms with Gasteiger partial charge in [0.1, 0.15) is 5.65 Å². The van der Waals surface area contributed by atoms with Gasteiger partial charge in [-0.05, 0) is 23.6 Å². The molecule has 4 nitrogen and oxygen atoms in total. The van der Waals surface area contributed by atoms with E-state index in [-0.39, 0.29) is 6.10 Å². The van der Waals surface area contributed by atoms with E-state index in [1.54, 1.807) is 7.11 Å². The standard InChI is InChI=1S/C15H21N3O/c1-10(2)12-9-18(13-7-16-8-14(13)19-3)15-11(12)5-4-6-17-15/h4-6,9-10,13-14,16H,7-8H2,1-3H3/t13-,14-/m1/s1. The van der Waals surface area contributed by atoms with E-state index in [0.29, 0.717) is 12.0 Å². The quantitative estimate of drug-likeness (QED) is 0.919. The Bertz CT molecular complexity index is 576. The SMILES string of the molecule is CO[C@@H]1CNC[C@H]1n1cc(C(C)C)c2cccnc21. The molecular weight excluding hydrogens is 238 g/mol. The highest BCUT2D eigenvalue weighted by atomic mass is 16.5. The first-order chi connectivity index (χ1) is 9.22. The normalized spacial score (nSPS) is 23.6. The minimum absolute atomic E-state index is 0.220. The van der Waals surface area contributed by atoms with Crippen molar-refractivity contribution in [2.24, 2.45) is 0 Å². The van der Waals surface area contributed by atoms with E-state index in [1.165, 1.54) is 10.9 Å². The lowest BCUT2D eigenvalue weighted by Crippen LogP contribution is -2.24. The van der Waals surface area contributed by atoms with Gasteiger partial charge in [0.2, 0.25) is 0 Å². The molecule has 0 unspecified atom stereocenters. The van der Waals surface area contributed by atoms with Crippen molar-refractivity contribution in [2.45, 2.75) is 31.9 Å². The lowest BCUT2D eigenvalue weighted by Gasteiger charge is -2.19. The van der Waals surface area contributed by atoms with Gasteiger partial charge in [-0.25, -0.2) is 4.98 Å².